The summed E-state index contributed by atoms with van der Waals surface area (Å²) >= 11 is 1.25. The number of thiazole rings is 1. The van der Waals surface area contributed by atoms with Crippen molar-refractivity contribution in [2.45, 2.75) is 6.42 Å². The Balaban J connectivity index is 1.54. The number of amides is 3. The van der Waals surface area contributed by atoms with Crippen LogP contribution in [0.4, 0.5) is 21.3 Å². The van der Waals surface area contributed by atoms with E-state index in [0.717, 1.165) is 0 Å². The number of carbonyl (C=O) groups is 2. The highest BCUT2D eigenvalue weighted by Crippen LogP contribution is 2.29. The van der Waals surface area contributed by atoms with Crippen molar-refractivity contribution in [3.05, 3.63) is 59.6 Å². The van der Waals surface area contributed by atoms with Crippen LogP contribution in [0.15, 0.2) is 53.9 Å². The van der Waals surface area contributed by atoms with E-state index < -0.39 is 6.03 Å². The molecule has 0 aliphatic heterocycles. The SMILES string of the molecule is COc1ccc(NC(=O)Cc2csc(NC(=O)Nc3ccccc3)n2)cc1OC. The van der Waals surface area contributed by atoms with Gasteiger partial charge in [0.1, 0.15) is 0 Å². The van der Waals surface area contributed by atoms with Crippen molar-refractivity contribution in [2.24, 2.45) is 0 Å². The Morgan fingerprint density at radius 3 is 2.41 bits per heavy atom. The molecular weight excluding hydrogens is 392 g/mol. The van der Waals surface area contributed by atoms with Crippen LogP contribution in [0, 0.1) is 0 Å². The summed E-state index contributed by atoms with van der Waals surface area (Å²) in [5.41, 5.74) is 1.82. The maximum Gasteiger partial charge on any atom is 0.325 e. The number of ether oxygens (including phenoxy) is 2. The molecule has 0 radical (unpaired) electrons. The van der Waals surface area contributed by atoms with Gasteiger partial charge in [0.15, 0.2) is 16.6 Å². The Kier molecular flexibility index (Phi) is 6.64. The molecule has 1 aromatic heterocycles. The van der Waals surface area contributed by atoms with Gasteiger partial charge < -0.3 is 20.1 Å². The Morgan fingerprint density at radius 2 is 1.69 bits per heavy atom. The molecule has 0 bridgehead atoms. The minimum Gasteiger partial charge on any atom is -0.493 e. The summed E-state index contributed by atoms with van der Waals surface area (Å²) < 4.78 is 10.4. The summed E-state index contributed by atoms with van der Waals surface area (Å²) in [6.45, 7) is 0. The zero-order valence-corrected chi connectivity index (χ0v) is 16.7. The van der Waals surface area contributed by atoms with E-state index in [1.54, 1.807) is 42.8 Å². The van der Waals surface area contributed by atoms with E-state index in [-0.39, 0.29) is 12.3 Å². The number of methoxy groups -OCH3 is 2. The molecular formula is C20H20N4O4S. The number of carbonyl (C=O) groups excluding carboxylic acids is 2. The van der Waals surface area contributed by atoms with Crippen LogP contribution in [0.5, 0.6) is 11.5 Å². The summed E-state index contributed by atoms with van der Waals surface area (Å²) in [5, 5.41) is 10.3. The molecule has 3 aromatic rings. The molecule has 9 heteroatoms. The van der Waals surface area contributed by atoms with E-state index in [1.165, 1.54) is 18.4 Å². The quantitative estimate of drug-likeness (QED) is 0.545. The zero-order chi connectivity index (χ0) is 20.6. The summed E-state index contributed by atoms with van der Waals surface area (Å²) in [4.78, 5) is 28.6. The van der Waals surface area contributed by atoms with Crippen LogP contribution in [0.2, 0.25) is 0 Å². The van der Waals surface area contributed by atoms with Gasteiger partial charge in [0, 0.05) is 22.8 Å². The molecule has 8 nitrogen and oxygen atoms in total. The van der Waals surface area contributed by atoms with Crippen molar-refractivity contribution < 1.29 is 19.1 Å². The average molecular weight is 412 g/mol. The molecule has 0 spiro atoms. The van der Waals surface area contributed by atoms with E-state index >= 15 is 0 Å². The van der Waals surface area contributed by atoms with Gasteiger partial charge in [-0.05, 0) is 24.3 Å². The molecule has 0 unspecified atom stereocenters. The van der Waals surface area contributed by atoms with Crippen LogP contribution >= 0.6 is 11.3 Å². The molecule has 3 N–H and O–H groups in total. The highest BCUT2D eigenvalue weighted by Gasteiger charge is 2.12. The number of nitrogens with one attached hydrogen (secondary N) is 3. The van der Waals surface area contributed by atoms with E-state index in [1.807, 2.05) is 18.2 Å². The van der Waals surface area contributed by atoms with Crippen molar-refractivity contribution in [3.8, 4) is 11.5 Å². The monoisotopic (exact) mass is 412 g/mol. The summed E-state index contributed by atoms with van der Waals surface area (Å²) in [7, 11) is 3.07. The smallest absolute Gasteiger partial charge is 0.325 e. The van der Waals surface area contributed by atoms with Crippen molar-refractivity contribution >= 4 is 39.8 Å². The fraction of sp³-hybridized carbons (Fsp3) is 0.150. The van der Waals surface area contributed by atoms with Gasteiger partial charge in [-0.25, -0.2) is 9.78 Å². The van der Waals surface area contributed by atoms with E-state index in [9.17, 15) is 9.59 Å². The Morgan fingerprint density at radius 1 is 0.931 bits per heavy atom. The standard InChI is InChI=1S/C20H20N4O4S/c1-27-16-9-8-14(10-17(16)28-2)21-18(25)11-15-12-29-20(23-15)24-19(26)22-13-6-4-3-5-7-13/h3-10,12H,11H2,1-2H3,(H,21,25)(H2,22,23,24,26). The molecule has 0 fully saturated rings. The first kappa shape index (κ1) is 20.2. The maximum atomic E-state index is 12.3. The van der Waals surface area contributed by atoms with Crippen molar-refractivity contribution in [2.75, 3.05) is 30.2 Å². The van der Waals surface area contributed by atoms with Crippen molar-refractivity contribution in [1.29, 1.82) is 0 Å². The number of anilines is 3. The maximum absolute atomic E-state index is 12.3. The first-order valence-corrected chi connectivity index (χ1v) is 9.54. The largest absolute Gasteiger partial charge is 0.493 e. The van der Waals surface area contributed by atoms with Crippen molar-refractivity contribution in [1.82, 2.24) is 4.98 Å². The topological polar surface area (TPSA) is 102 Å². The van der Waals surface area contributed by atoms with Crippen LogP contribution in [-0.4, -0.2) is 31.1 Å². The third-order valence-electron chi connectivity index (χ3n) is 3.81. The third-order valence-corrected chi connectivity index (χ3v) is 4.62. The number of aromatic nitrogens is 1. The van der Waals surface area contributed by atoms with Crippen LogP contribution < -0.4 is 25.4 Å². The van der Waals surface area contributed by atoms with Gasteiger partial charge in [0.25, 0.3) is 0 Å². The lowest BCUT2D eigenvalue weighted by Gasteiger charge is -2.10. The van der Waals surface area contributed by atoms with Crippen LogP contribution in [0.3, 0.4) is 0 Å². The number of para-hydroxylation sites is 1. The molecule has 2 aromatic carbocycles. The van der Waals surface area contributed by atoms with Gasteiger partial charge in [-0.1, -0.05) is 18.2 Å². The lowest BCUT2D eigenvalue weighted by Crippen LogP contribution is -2.19. The van der Waals surface area contributed by atoms with Crippen LogP contribution in [0.25, 0.3) is 0 Å². The van der Waals surface area contributed by atoms with Crippen LogP contribution in [0.1, 0.15) is 5.69 Å². The van der Waals surface area contributed by atoms with Gasteiger partial charge in [-0.15, -0.1) is 11.3 Å². The van der Waals surface area contributed by atoms with E-state index in [2.05, 4.69) is 20.9 Å². The normalized spacial score (nSPS) is 10.1. The summed E-state index contributed by atoms with van der Waals surface area (Å²) in [5.74, 6) is 0.868. The third kappa shape index (κ3) is 5.69. The van der Waals surface area contributed by atoms with Gasteiger partial charge in [0.2, 0.25) is 5.91 Å². The van der Waals surface area contributed by atoms with Gasteiger partial charge >= 0.3 is 6.03 Å². The summed E-state index contributed by atoms with van der Waals surface area (Å²) in [6.07, 6.45) is 0.0762. The molecule has 0 atom stereocenters. The van der Waals surface area contributed by atoms with Gasteiger partial charge in [0.05, 0.1) is 26.3 Å². The molecule has 0 saturated heterocycles. The fourth-order valence-corrected chi connectivity index (χ4v) is 3.22. The van der Waals surface area contributed by atoms with Crippen molar-refractivity contribution in [3.63, 3.8) is 0 Å². The molecule has 29 heavy (non-hydrogen) atoms. The number of nitrogens with zero attached hydrogens (tertiary/aromatic N) is 1. The molecule has 0 aliphatic rings. The first-order chi connectivity index (χ1) is 14.1. The molecule has 3 rings (SSSR count). The second-order valence-electron chi connectivity index (χ2n) is 5.88. The molecule has 0 aliphatic carbocycles. The number of urea groups is 1. The number of hydrogen-bond donors (Lipinski definition) is 3. The average Bonchev–Trinajstić information content (AvgIpc) is 3.14. The molecule has 0 saturated carbocycles. The van der Waals surface area contributed by atoms with Crippen LogP contribution in [-0.2, 0) is 11.2 Å². The Labute approximate surface area is 171 Å². The molecule has 150 valence electrons. The zero-order valence-electron chi connectivity index (χ0n) is 15.9. The lowest BCUT2D eigenvalue weighted by atomic mass is 10.2. The minimum absolute atomic E-state index is 0.0762. The fourth-order valence-electron chi connectivity index (χ4n) is 2.51. The molecule has 3 amide bonds. The highest BCUT2D eigenvalue weighted by molar-refractivity contribution is 7.14. The number of benzene rings is 2. The number of hydrogen-bond acceptors (Lipinski definition) is 6. The van der Waals surface area contributed by atoms with E-state index in [0.29, 0.717) is 33.7 Å². The predicted octanol–water partition coefficient (Wildman–Crippen LogP) is 3.99. The first-order valence-electron chi connectivity index (χ1n) is 8.66. The minimum atomic E-state index is -0.396. The number of rotatable bonds is 7. The second kappa shape index (κ2) is 9.56. The lowest BCUT2D eigenvalue weighted by molar-refractivity contribution is -0.115. The van der Waals surface area contributed by atoms with Gasteiger partial charge in [-0.2, -0.15) is 0 Å². The Bertz CT molecular complexity index is 991. The van der Waals surface area contributed by atoms with Gasteiger partial charge in [-0.3, -0.25) is 10.1 Å². The highest BCUT2D eigenvalue weighted by atomic mass is 32.1. The predicted molar refractivity (Wildman–Crippen MR) is 113 cm³/mol. The summed E-state index contributed by atoms with van der Waals surface area (Å²) in [6, 6.07) is 13.8. The molecule has 1 heterocycles. The van der Waals surface area contributed by atoms with E-state index in [4.69, 9.17) is 9.47 Å². The second-order valence-corrected chi connectivity index (χ2v) is 6.74. The Hall–Kier alpha value is -3.59.